The van der Waals surface area contributed by atoms with Gasteiger partial charge in [-0.25, -0.2) is 4.39 Å². The van der Waals surface area contributed by atoms with E-state index in [9.17, 15) is 22.0 Å². The molecule has 66 valence electrons. The van der Waals surface area contributed by atoms with E-state index in [0.717, 1.165) is 6.92 Å². The van der Waals surface area contributed by atoms with Crippen LogP contribution in [-0.4, -0.2) is 6.36 Å². The van der Waals surface area contributed by atoms with Crippen LogP contribution in [0.2, 0.25) is 0 Å². The summed E-state index contributed by atoms with van der Waals surface area (Å²) in [6, 6.07) is -2.22. The van der Waals surface area contributed by atoms with Gasteiger partial charge in [0.2, 0.25) is 0 Å². The van der Waals surface area contributed by atoms with Crippen LogP contribution in [0, 0.1) is 0 Å². The van der Waals surface area contributed by atoms with E-state index in [2.05, 4.69) is 4.74 Å². The van der Waals surface area contributed by atoms with Crippen molar-refractivity contribution in [2.75, 3.05) is 0 Å². The maximum atomic E-state index is 11.9. The number of allylic oxidation sites excluding steroid dienone is 1. The lowest BCUT2D eigenvalue weighted by molar-refractivity contribution is -0.315. The quantitative estimate of drug-likeness (QED) is 0.464. The molecule has 0 saturated carbocycles. The van der Waals surface area contributed by atoms with Gasteiger partial charge in [-0.3, -0.25) is 0 Å². The monoisotopic (exact) mass is 176 g/mol. The average molecular weight is 176 g/mol. The van der Waals surface area contributed by atoms with Gasteiger partial charge in [0.05, 0.1) is 0 Å². The third-order valence-electron chi connectivity index (χ3n) is 0.729. The lowest BCUT2D eigenvalue weighted by Gasteiger charge is -2.05. The maximum absolute atomic E-state index is 11.9. The van der Waals surface area contributed by atoms with Gasteiger partial charge in [0, 0.05) is 6.42 Å². The van der Waals surface area contributed by atoms with Crippen LogP contribution in [0.4, 0.5) is 22.0 Å². The van der Waals surface area contributed by atoms with Gasteiger partial charge in [-0.2, -0.15) is 4.39 Å². The topological polar surface area (TPSA) is 9.23 Å². The van der Waals surface area contributed by atoms with Crippen LogP contribution in [0.15, 0.2) is 11.8 Å². The molecule has 0 amide bonds. The van der Waals surface area contributed by atoms with Crippen molar-refractivity contribution >= 4 is 0 Å². The predicted molar refractivity (Wildman–Crippen MR) is 26.7 cm³/mol. The Labute approximate surface area is 59.5 Å². The molecular formula is C5H5F5O. The van der Waals surface area contributed by atoms with Gasteiger partial charge in [0.15, 0.2) is 5.83 Å². The summed E-state index contributed by atoms with van der Waals surface area (Å²) in [6.45, 7) is 1.16. The van der Waals surface area contributed by atoms with Crippen molar-refractivity contribution in [2.45, 2.75) is 19.7 Å². The Balaban J connectivity index is 4.17. The maximum Gasteiger partial charge on any atom is 0.574 e. The van der Waals surface area contributed by atoms with E-state index in [1.807, 2.05) is 0 Å². The Morgan fingerprint density at radius 2 is 1.73 bits per heavy atom. The van der Waals surface area contributed by atoms with Crippen LogP contribution in [0.25, 0.3) is 0 Å². The molecule has 0 aliphatic heterocycles. The number of ether oxygens (including phenoxy) is 1. The smallest absolute Gasteiger partial charge is 0.376 e. The molecule has 0 spiro atoms. The Morgan fingerprint density at radius 1 is 1.27 bits per heavy atom. The van der Waals surface area contributed by atoms with Crippen LogP contribution >= 0.6 is 0 Å². The molecule has 0 saturated heterocycles. The fraction of sp³-hybridized carbons (Fsp3) is 0.600. The molecule has 0 aliphatic carbocycles. The highest BCUT2D eigenvalue weighted by Crippen LogP contribution is 2.24. The van der Waals surface area contributed by atoms with E-state index >= 15 is 0 Å². The van der Waals surface area contributed by atoms with Crippen LogP contribution in [0.1, 0.15) is 13.3 Å². The van der Waals surface area contributed by atoms with E-state index in [1.54, 1.807) is 0 Å². The first-order valence-corrected chi connectivity index (χ1v) is 2.66. The molecule has 0 aromatic heterocycles. The van der Waals surface area contributed by atoms with Crippen molar-refractivity contribution in [3.05, 3.63) is 11.8 Å². The third-order valence-corrected chi connectivity index (χ3v) is 0.729. The van der Waals surface area contributed by atoms with E-state index in [0.29, 0.717) is 0 Å². The SMILES string of the molecule is CC/C(F)=C(/F)OC(F)(F)F. The molecule has 0 aromatic carbocycles. The largest absolute Gasteiger partial charge is 0.574 e. The number of rotatable bonds is 2. The van der Waals surface area contributed by atoms with E-state index < -0.39 is 24.6 Å². The summed E-state index contributed by atoms with van der Waals surface area (Å²) in [5.41, 5.74) is 0. The number of hydrogen-bond acceptors (Lipinski definition) is 1. The van der Waals surface area contributed by atoms with Crippen molar-refractivity contribution in [1.29, 1.82) is 0 Å². The van der Waals surface area contributed by atoms with Crippen molar-refractivity contribution in [2.24, 2.45) is 0 Å². The van der Waals surface area contributed by atoms with Gasteiger partial charge in [-0.15, -0.1) is 13.2 Å². The zero-order valence-electron chi connectivity index (χ0n) is 5.51. The zero-order chi connectivity index (χ0) is 9.07. The van der Waals surface area contributed by atoms with Gasteiger partial charge >= 0.3 is 12.4 Å². The van der Waals surface area contributed by atoms with Crippen molar-refractivity contribution in [3.63, 3.8) is 0 Å². The Hall–Kier alpha value is -0.810. The fourth-order valence-corrected chi connectivity index (χ4v) is 0.296. The molecule has 0 rings (SSSR count). The minimum absolute atomic E-state index is 0.470. The molecule has 0 bridgehead atoms. The summed E-state index contributed by atoms with van der Waals surface area (Å²) in [5.74, 6) is -1.55. The molecule has 0 N–H and O–H groups in total. The van der Waals surface area contributed by atoms with Crippen LogP contribution in [-0.2, 0) is 4.74 Å². The first-order valence-electron chi connectivity index (χ1n) is 2.66. The third kappa shape index (κ3) is 4.58. The van der Waals surface area contributed by atoms with E-state index in [4.69, 9.17) is 0 Å². The Kier molecular flexibility index (Phi) is 3.28. The molecule has 0 aliphatic rings. The summed E-state index contributed by atoms with van der Waals surface area (Å²) in [4.78, 5) is 0. The summed E-state index contributed by atoms with van der Waals surface area (Å²) >= 11 is 0. The lowest BCUT2D eigenvalue weighted by Crippen LogP contribution is -2.11. The summed E-state index contributed by atoms with van der Waals surface area (Å²) in [5, 5.41) is 0. The lowest BCUT2D eigenvalue weighted by atomic mass is 10.4. The number of halogens is 5. The minimum atomic E-state index is -5.17. The van der Waals surface area contributed by atoms with Crippen LogP contribution < -0.4 is 0 Å². The second kappa shape index (κ2) is 3.54. The van der Waals surface area contributed by atoms with Crippen molar-refractivity contribution < 1.29 is 26.7 Å². The van der Waals surface area contributed by atoms with Crippen molar-refractivity contribution in [1.82, 2.24) is 0 Å². The predicted octanol–water partition coefficient (Wildman–Crippen LogP) is 3.04. The molecular weight excluding hydrogens is 171 g/mol. The van der Waals surface area contributed by atoms with Crippen molar-refractivity contribution in [3.8, 4) is 0 Å². The summed E-state index contributed by atoms with van der Waals surface area (Å²) in [7, 11) is 0. The molecule has 0 heterocycles. The van der Waals surface area contributed by atoms with Gasteiger partial charge in [-0.05, 0) is 0 Å². The molecule has 0 aromatic rings. The molecule has 1 nitrogen and oxygen atoms in total. The zero-order valence-corrected chi connectivity index (χ0v) is 5.51. The van der Waals surface area contributed by atoms with Crippen LogP contribution in [0.3, 0.4) is 0 Å². The van der Waals surface area contributed by atoms with Crippen LogP contribution in [0.5, 0.6) is 0 Å². The molecule has 0 atom stereocenters. The summed E-state index contributed by atoms with van der Waals surface area (Å²) in [6.07, 6.45) is -5.64. The van der Waals surface area contributed by atoms with Gasteiger partial charge in [0.1, 0.15) is 0 Å². The van der Waals surface area contributed by atoms with E-state index in [1.165, 1.54) is 0 Å². The number of hydrogen-bond donors (Lipinski definition) is 0. The molecule has 0 fully saturated rings. The van der Waals surface area contributed by atoms with E-state index in [-0.39, 0.29) is 0 Å². The highest BCUT2D eigenvalue weighted by molar-refractivity contribution is 4.91. The first kappa shape index (κ1) is 10.2. The minimum Gasteiger partial charge on any atom is -0.376 e. The summed E-state index contributed by atoms with van der Waals surface area (Å²) < 4.78 is 59.8. The van der Waals surface area contributed by atoms with Gasteiger partial charge in [0.25, 0.3) is 0 Å². The molecule has 11 heavy (non-hydrogen) atoms. The highest BCUT2D eigenvalue weighted by Gasteiger charge is 2.33. The normalized spacial score (nSPS) is 14.4. The molecule has 0 unspecified atom stereocenters. The Morgan fingerprint density at radius 3 is 2.00 bits per heavy atom. The highest BCUT2D eigenvalue weighted by atomic mass is 19.4. The second-order valence-corrected chi connectivity index (χ2v) is 1.58. The standard InChI is InChI=1S/C5H5F5O/c1-2-3(6)4(7)11-5(8,9)10/h2H2,1H3/b4-3+. The average Bonchev–Trinajstić information content (AvgIpc) is 1.82. The van der Waals surface area contributed by atoms with Gasteiger partial charge < -0.3 is 4.74 Å². The molecule has 0 radical (unpaired) electrons. The van der Waals surface area contributed by atoms with Gasteiger partial charge in [-0.1, -0.05) is 6.92 Å². The molecule has 6 heteroatoms. The Bertz CT molecular complexity index is 159. The fourth-order valence-electron chi connectivity index (χ4n) is 0.296. The number of alkyl halides is 3. The first-order chi connectivity index (χ1) is 4.87. The second-order valence-electron chi connectivity index (χ2n) is 1.58.